The first-order chi connectivity index (χ1) is 16.4. The van der Waals surface area contributed by atoms with E-state index in [0.717, 1.165) is 5.69 Å². The van der Waals surface area contributed by atoms with Crippen LogP contribution in [-0.2, 0) is 16.1 Å². The zero-order chi connectivity index (χ0) is 24.2. The molecule has 4 rings (SSSR count). The molecule has 11 heteroatoms. The van der Waals surface area contributed by atoms with Crippen LogP contribution in [0.25, 0.3) is 5.69 Å². The van der Waals surface area contributed by atoms with Crippen molar-refractivity contribution < 1.29 is 29.6 Å². The number of carbonyl (C=O) groups is 1. The van der Waals surface area contributed by atoms with Crippen LogP contribution < -0.4 is 10.1 Å². The van der Waals surface area contributed by atoms with Gasteiger partial charge in [0.2, 0.25) is 10.7 Å². The van der Waals surface area contributed by atoms with Crippen LogP contribution in [0, 0.1) is 4.77 Å². The van der Waals surface area contributed by atoms with Crippen LogP contribution in [0.5, 0.6) is 5.75 Å². The molecule has 0 aliphatic carbocycles. The Morgan fingerprint density at radius 3 is 2.38 bits per heavy atom. The quantitative estimate of drug-likeness (QED) is 0.365. The Balaban J connectivity index is 1.77. The Labute approximate surface area is 201 Å². The van der Waals surface area contributed by atoms with E-state index in [4.69, 9.17) is 21.7 Å². The number of ether oxygens (including phenoxy) is 2. The molecule has 1 aromatic heterocycles. The van der Waals surface area contributed by atoms with Crippen LogP contribution >= 0.6 is 12.2 Å². The van der Waals surface area contributed by atoms with Crippen LogP contribution in [0.15, 0.2) is 60.7 Å². The summed E-state index contributed by atoms with van der Waals surface area (Å²) >= 11 is 5.72. The SMILES string of the molecule is CC(=O)NC1C(O)C(O)C(CO)OC1n1nc(COc2ccccc2)n(-c2ccccc2)c1=S. The van der Waals surface area contributed by atoms with Crippen LogP contribution in [-0.4, -0.2) is 66.5 Å². The standard InChI is InChI=1S/C23H26N4O6S/c1-14(29)24-19-21(31)20(30)17(12-28)33-22(19)27-23(34)26(15-8-4-2-5-9-15)18(25-27)13-32-16-10-6-3-7-11-16/h2-11,17,19-22,28,30-31H,12-13H2,1H3,(H,24,29). The van der Waals surface area contributed by atoms with Crippen molar-refractivity contribution in [2.24, 2.45) is 0 Å². The molecule has 1 aliphatic heterocycles. The normalized spacial score (nSPS) is 24.5. The summed E-state index contributed by atoms with van der Waals surface area (Å²) in [5.74, 6) is 0.659. The third-order valence-corrected chi connectivity index (χ3v) is 5.87. The molecule has 5 atom stereocenters. The first-order valence-electron chi connectivity index (χ1n) is 10.7. The number of carbonyl (C=O) groups excluding carboxylic acids is 1. The number of nitrogens with one attached hydrogen (secondary N) is 1. The van der Waals surface area contributed by atoms with Crippen LogP contribution in [0.1, 0.15) is 19.0 Å². The highest BCUT2D eigenvalue weighted by molar-refractivity contribution is 7.71. The first-order valence-corrected chi connectivity index (χ1v) is 11.1. The van der Waals surface area contributed by atoms with Gasteiger partial charge in [0.25, 0.3) is 0 Å². The number of rotatable bonds is 7. The number of amides is 1. The number of aliphatic hydroxyl groups excluding tert-OH is 3. The first kappa shape index (κ1) is 24.0. The van der Waals surface area contributed by atoms with Crippen molar-refractivity contribution in [2.45, 2.75) is 44.1 Å². The number of aliphatic hydroxyl groups is 3. The molecule has 0 radical (unpaired) electrons. The van der Waals surface area contributed by atoms with Gasteiger partial charge in [0, 0.05) is 12.6 Å². The minimum Gasteiger partial charge on any atom is -0.486 e. The average molecular weight is 487 g/mol. The summed E-state index contributed by atoms with van der Waals surface area (Å²) in [7, 11) is 0. The third kappa shape index (κ3) is 4.88. The molecule has 2 heterocycles. The van der Waals surface area contributed by atoms with Crippen molar-refractivity contribution in [1.82, 2.24) is 19.7 Å². The number of aromatic nitrogens is 3. The fraction of sp³-hybridized carbons (Fsp3) is 0.348. The second-order valence-electron chi connectivity index (χ2n) is 7.87. The highest BCUT2D eigenvalue weighted by Crippen LogP contribution is 2.29. The van der Waals surface area contributed by atoms with Crippen LogP contribution in [0.4, 0.5) is 0 Å². The van der Waals surface area contributed by atoms with E-state index in [9.17, 15) is 20.1 Å². The Kier molecular flexibility index (Phi) is 7.39. The Hall–Kier alpha value is -3.09. The summed E-state index contributed by atoms with van der Waals surface area (Å²) in [5.41, 5.74) is 0.733. The molecule has 5 unspecified atom stereocenters. The lowest BCUT2D eigenvalue weighted by Gasteiger charge is -2.42. The number of hydrogen-bond acceptors (Lipinski definition) is 8. The predicted molar refractivity (Wildman–Crippen MR) is 124 cm³/mol. The van der Waals surface area contributed by atoms with Gasteiger partial charge in [-0.2, -0.15) is 5.10 Å². The largest absolute Gasteiger partial charge is 0.486 e. The minimum atomic E-state index is -1.42. The molecule has 2 aromatic carbocycles. The van der Waals surface area contributed by atoms with Gasteiger partial charge in [-0.15, -0.1) is 0 Å². The number of benzene rings is 2. The molecule has 0 saturated carbocycles. The molecule has 1 saturated heterocycles. The predicted octanol–water partition coefficient (Wildman–Crippen LogP) is 1.10. The minimum absolute atomic E-state index is 0.0711. The van der Waals surface area contributed by atoms with Gasteiger partial charge in [0.1, 0.15) is 36.7 Å². The molecule has 1 fully saturated rings. The van der Waals surface area contributed by atoms with Gasteiger partial charge in [-0.25, -0.2) is 4.68 Å². The van der Waals surface area contributed by atoms with E-state index < -0.39 is 43.1 Å². The summed E-state index contributed by atoms with van der Waals surface area (Å²) < 4.78 is 15.0. The summed E-state index contributed by atoms with van der Waals surface area (Å²) in [6.07, 6.45) is -5.03. The monoisotopic (exact) mass is 486 g/mol. The lowest BCUT2D eigenvalue weighted by Crippen LogP contribution is -2.62. The molecule has 1 amide bonds. The molecule has 180 valence electrons. The van der Waals surface area contributed by atoms with Gasteiger partial charge < -0.3 is 30.1 Å². The summed E-state index contributed by atoms with van der Waals surface area (Å²) in [6, 6.07) is 17.5. The maximum atomic E-state index is 11.8. The highest BCUT2D eigenvalue weighted by atomic mass is 32.1. The highest BCUT2D eigenvalue weighted by Gasteiger charge is 2.46. The lowest BCUT2D eigenvalue weighted by atomic mass is 9.96. The van der Waals surface area contributed by atoms with Crippen molar-refractivity contribution in [3.05, 3.63) is 71.3 Å². The van der Waals surface area contributed by atoms with Gasteiger partial charge in [0.15, 0.2) is 12.1 Å². The Morgan fingerprint density at radius 2 is 1.76 bits per heavy atom. The third-order valence-electron chi connectivity index (χ3n) is 5.51. The topological polar surface area (TPSA) is 131 Å². The van der Waals surface area contributed by atoms with Crippen LogP contribution in [0.2, 0.25) is 0 Å². The van der Waals surface area contributed by atoms with Crippen molar-refractivity contribution in [3.63, 3.8) is 0 Å². The van der Waals surface area contributed by atoms with Crippen molar-refractivity contribution >= 4 is 18.1 Å². The zero-order valence-corrected chi connectivity index (χ0v) is 19.2. The van der Waals surface area contributed by atoms with Gasteiger partial charge in [-0.05, 0) is 36.5 Å². The van der Waals surface area contributed by atoms with Gasteiger partial charge in [-0.1, -0.05) is 36.4 Å². The molecular weight excluding hydrogens is 460 g/mol. The molecule has 3 aromatic rings. The molecule has 0 bridgehead atoms. The second-order valence-corrected chi connectivity index (χ2v) is 8.24. The fourth-order valence-electron chi connectivity index (χ4n) is 3.88. The average Bonchev–Trinajstić information content (AvgIpc) is 3.17. The number of nitrogens with zero attached hydrogens (tertiary/aromatic N) is 3. The summed E-state index contributed by atoms with van der Waals surface area (Å²) in [6.45, 7) is 0.815. The van der Waals surface area contributed by atoms with Crippen molar-refractivity contribution in [3.8, 4) is 11.4 Å². The smallest absolute Gasteiger partial charge is 0.217 e. The molecular formula is C23H26N4O6S. The van der Waals surface area contributed by atoms with Gasteiger partial charge in [0.05, 0.1) is 6.61 Å². The lowest BCUT2D eigenvalue weighted by molar-refractivity contribution is -0.219. The van der Waals surface area contributed by atoms with E-state index in [1.165, 1.54) is 11.6 Å². The maximum Gasteiger partial charge on any atom is 0.217 e. The van der Waals surface area contributed by atoms with E-state index in [2.05, 4.69) is 10.4 Å². The maximum absolute atomic E-state index is 11.8. The molecule has 34 heavy (non-hydrogen) atoms. The zero-order valence-electron chi connectivity index (χ0n) is 18.4. The Morgan fingerprint density at radius 1 is 1.12 bits per heavy atom. The van der Waals surface area contributed by atoms with Gasteiger partial charge >= 0.3 is 0 Å². The van der Waals surface area contributed by atoms with E-state index >= 15 is 0 Å². The van der Waals surface area contributed by atoms with Crippen LogP contribution in [0.3, 0.4) is 0 Å². The molecule has 10 nitrogen and oxygen atoms in total. The van der Waals surface area contributed by atoms with Gasteiger partial charge in [-0.3, -0.25) is 9.36 Å². The number of para-hydroxylation sites is 2. The molecule has 1 aliphatic rings. The fourth-order valence-corrected chi connectivity index (χ4v) is 4.24. The second kappa shape index (κ2) is 10.5. The summed E-state index contributed by atoms with van der Waals surface area (Å²) in [5, 5.41) is 37.9. The van der Waals surface area contributed by atoms with E-state index in [1.54, 1.807) is 4.57 Å². The van der Waals surface area contributed by atoms with Crippen molar-refractivity contribution in [1.29, 1.82) is 0 Å². The number of hydrogen-bond donors (Lipinski definition) is 4. The molecule has 0 spiro atoms. The Bertz CT molecular complexity index is 1170. The molecule has 4 N–H and O–H groups in total. The van der Waals surface area contributed by atoms with E-state index in [0.29, 0.717) is 11.6 Å². The summed E-state index contributed by atoms with van der Waals surface area (Å²) in [4.78, 5) is 11.8. The van der Waals surface area contributed by atoms with E-state index in [-0.39, 0.29) is 11.4 Å². The van der Waals surface area contributed by atoms with E-state index in [1.807, 2.05) is 60.7 Å². The van der Waals surface area contributed by atoms with Crippen molar-refractivity contribution in [2.75, 3.05) is 6.61 Å².